The van der Waals surface area contributed by atoms with Gasteiger partial charge >= 0.3 is 0 Å². The molecule has 126 valence electrons. The van der Waals surface area contributed by atoms with Crippen molar-refractivity contribution in [2.75, 3.05) is 27.7 Å². The van der Waals surface area contributed by atoms with Gasteiger partial charge in [-0.15, -0.1) is 0 Å². The Labute approximate surface area is 135 Å². The van der Waals surface area contributed by atoms with E-state index in [2.05, 4.69) is 53.6 Å². The van der Waals surface area contributed by atoms with Crippen LogP contribution in [0.3, 0.4) is 0 Å². The fraction of sp³-hybridized carbons (Fsp3) is 0.750. The van der Waals surface area contributed by atoms with Gasteiger partial charge in [0, 0.05) is 32.9 Å². The van der Waals surface area contributed by atoms with Crippen molar-refractivity contribution < 1.29 is 0 Å². The summed E-state index contributed by atoms with van der Waals surface area (Å²) >= 11 is 0. The number of nitrogens with one attached hydrogen (secondary N) is 2. The van der Waals surface area contributed by atoms with Gasteiger partial charge in [0.15, 0.2) is 5.96 Å². The Morgan fingerprint density at radius 3 is 2.45 bits per heavy atom. The predicted octanol–water partition coefficient (Wildman–Crippen LogP) is 1.45. The van der Waals surface area contributed by atoms with Crippen molar-refractivity contribution in [3.8, 4) is 0 Å². The van der Waals surface area contributed by atoms with Crippen molar-refractivity contribution in [3.63, 3.8) is 0 Å². The first kappa shape index (κ1) is 18.5. The smallest absolute Gasteiger partial charge is 0.191 e. The minimum atomic E-state index is 0.505. The van der Waals surface area contributed by atoms with Crippen molar-refractivity contribution in [2.45, 2.75) is 39.3 Å². The molecule has 0 aliphatic heterocycles. The summed E-state index contributed by atoms with van der Waals surface area (Å²) in [5.41, 5.74) is 1.13. The zero-order valence-corrected chi connectivity index (χ0v) is 14.9. The number of aryl methyl sites for hydroxylation is 1. The molecule has 0 aliphatic rings. The highest BCUT2D eigenvalue weighted by molar-refractivity contribution is 5.79. The van der Waals surface area contributed by atoms with E-state index >= 15 is 0 Å². The van der Waals surface area contributed by atoms with Crippen molar-refractivity contribution in [1.82, 2.24) is 25.3 Å². The summed E-state index contributed by atoms with van der Waals surface area (Å²) in [5, 5.41) is 11.0. The van der Waals surface area contributed by atoms with Crippen LogP contribution in [0.1, 0.15) is 32.4 Å². The van der Waals surface area contributed by atoms with Crippen LogP contribution in [-0.2, 0) is 13.6 Å². The third kappa shape index (κ3) is 5.33. The van der Waals surface area contributed by atoms with Crippen LogP contribution in [0, 0.1) is 5.92 Å². The molecule has 0 amide bonds. The van der Waals surface area contributed by atoms with Gasteiger partial charge in [-0.05, 0) is 26.1 Å². The van der Waals surface area contributed by atoms with Gasteiger partial charge in [-0.1, -0.05) is 26.7 Å². The molecule has 0 radical (unpaired) electrons. The summed E-state index contributed by atoms with van der Waals surface area (Å²) in [4.78, 5) is 6.61. The summed E-state index contributed by atoms with van der Waals surface area (Å²) in [6, 6.07) is 2.51. The van der Waals surface area contributed by atoms with Gasteiger partial charge in [-0.3, -0.25) is 9.67 Å². The number of hydrogen-bond donors (Lipinski definition) is 2. The number of nitrogens with zero attached hydrogens (tertiary/aromatic N) is 4. The Balaban J connectivity index is 2.53. The topological polar surface area (TPSA) is 57.5 Å². The van der Waals surface area contributed by atoms with E-state index in [1.807, 2.05) is 24.0 Å². The molecule has 0 bridgehead atoms. The summed E-state index contributed by atoms with van der Waals surface area (Å²) in [6.45, 7) is 6.14. The fourth-order valence-electron chi connectivity index (χ4n) is 2.77. The van der Waals surface area contributed by atoms with Gasteiger partial charge in [0.2, 0.25) is 0 Å². The third-order valence-electron chi connectivity index (χ3n) is 4.32. The van der Waals surface area contributed by atoms with Crippen LogP contribution in [0.2, 0.25) is 0 Å². The number of aromatic nitrogens is 2. The van der Waals surface area contributed by atoms with Crippen molar-refractivity contribution >= 4 is 5.96 Å². The molecular formula is C16H32N6. The van der Waals surface area contributed by atoms with Crippen LogP contribution in [0.15, 0.2) is 17.3 Å². The van der Waals surface area contributed by atoms with E-state index in [1.54, 1.807) is 7.05 Å². The van der Waals surface area contributed by atoms with Gasteiger partial charge in [0.05, 0.1) is 12.2 Å². The monoisotopic (exact) mass is 308 g/mol. The van der Waals surface area contributed by atoms with Crippen molar-refractivity contribution in [1.29, 1.82) is 0 Å². The molecule has 0 saturated heterocycles. The first-order chi connectivity index (χ1) is 10.5. The normalized spacial score (nSPS) is 13.7. The lowest BCUT2D eigenvalue weighted by Gasteiger charge is -2.32. The van der Waals surface area contributed by atoms with Crippen LogP contribution in [0.4, 0.5) is 0 Å². The second-order valence-electron chi connectivity index (χ2n) is 5.86. The molecule has 6 nitrogen and oxygen atoms in total. The molecular weight excluding hydrogens is 276 g/mol. The van der Waals surface area contributed by atoms with Crippen LogP contribution in [0.5, 0.6) is 0 Å². The summed E-state index contributed by atoms with van der Waals surface area (Å²) < 4.78 is 1.87. The predicted molar refractivity (Wildman–Crippen MR) is 93.0 cm³/mol. The third-order valence-corrected chi connectivity index (χ3v) is 4.32. The lowest BCUT2D eigenvalue weighted by atomic mass is 9.93. The van der Waals surface area contributed by atoms with Gasteiger partial charge in [0.25, 0.3) is 0 Å². The molecule has 1 aromatic heterocycles. The Morgan fingerprint density at radius 2 is 2.00 bits per heavy atom. The second-order valence-corrected chi connectivity index (χ2v) is 5.86. The van der Waals surface area contributed by atoms with E-state index in [9.17, 15) is 0 Å². The minimum Gasteiger partial charge on any atom is -0.355 e. The molecule has 0 aliphatic carbocycles. The Morgan fingerprint density at radius 1 is 1.32 bits per heavy atom. The van der Waals surface area contributed by atoms with Crippen LogP contribution >= 0.6 is 0 Å². The minimum absolute atomic E-state index is 0.505. The fourth-order valence-corrected chi connectivity index (χ4v) is 2.77. The van der Waals surface area contributed by atoms with E-state index in [1.165, 1.54) is 12.8 Å². The maximum absolute atomic E-state index is 4.31. The Kier molecular flexibility index (Phi) is 7.95. The molecule has 0 spiro atoms. The molecule has 0 fully saturated rings. The number of guanidine groups is 1. The zero-order valence-electron chi connectivity index (χ0n) is 14.9. The Hall–Kier alpha value is -1.56. The molecule has 0 aromatic carbocycles. The van der Waals surface area contributed by atoms with E-state index in [0.29, 0.717) is 18.5 Å². The highest BCUT2D eigenvalue weighted by atomic mass is 15.3. The van der Waals surface area contributed by atoms with Crippen molar-refractivity contribution in [2.24, 2.45) is 18.0 Å². The van der Waals surface area contributed by atoms with Gasteiger partial charge in [-0.2, -0.15) is 5.10 Å². The van der Waals surface area contributed by atoms with E-state index in [-0.39, 0.29) is 0 Å². The highest BCUT2D eigenvalue weighted by Gasteiger charge is 2.20. The Bertz CT molecular complexity index is 447. The zero-order chi connectivity index (χ0) is 16.5. The maximum atomic E-state index is 4.31. The summed E-state index contributed by atoms with van der Waals surface area (Å²) in [5.74, 6) is 1.52. The molecule has 6 heteroatoms. The van der Waals surface area contributed by atoms with Crippen LogP contribution in [0.25, 0.3) is 0 Å². The molecule has 0 saturated carbocycles. The average Bonchev–Trinajstić information content (AvgIpc) is 2.91. The van der Waals surface area contributed by atoms with E-state index in [0.717, 1.165) is 18.2 Å². The lowest BCUT2D eigenvalue weighted by Crippen LogP contribution is -2.47. The largest absolute Gasteiger partial charge is 0.355 e. The molecule has 1 unspecified atom stereocenters. The van der Waals surface area contributed by atoms with Crippen LogP contribution in [-0.4, -0.2) is 54.4 Å². The average molecular weight is 308 g/mol. The molecule has 1 heterocycles. The van der Waals surface area contributed by atoms with Crippen LogP contribution < -0.4 is 10.6 Å². The van der Waals surface area contributed by atoms with Gasteiger partial charge in [-0.25, -0.2) is 0 Å². The molecule has 2 N–H and O–H groups in total. The first-order valence-corrected chi connectivity index (χ1v) is 8.11. The number of hydrogen-bond acceptors (Lipinski definition) is 3. The van der Waals surface area contributed by atoms with E-state index in [4.69, 9.17) is 0 Å². The first-order valence-electron chi connectivity index (χ1n) is 8.11. The second kappa shape index (κ2) is 9.46. The SMILES string of the molecule is CCC(CC)C(CNC(=NC)NCc1ccnn1C)N(C)C. The highest BCUT2D eigenvalue weighted by Crippen LogP contribution is 2.16. The van der Waals surface area contributed by atoms with Gasteiger partial charge in [0.1, 0.15) is 0 Å². The lowest BCUT2D eigenvalue weighted by molar-refractivity contribution is 0.200. The number of aliphatic imine (C=N–C) groups is 1. The summed E-state index contributed by atoms with van der Waals surface area (Å²) in [6.07, 6.45) is 4.20. The summed E-state index contributed by atoms with van der Waals surface area (Å²) in [7, 11) is 8.05. The molecule has 1 atom stereocenters. The number of likely N-dealkylation sites (N-methyl/N-ethyl adjacent to an activating group) is 1. The number of rotatable bonds is 8. The van der Waals surface area contributed by atoms with E-state index < -0.39 is 0 Å². The molecule has 22 heavy (non-hydrogen) atoms. The standard InChI is InChI=1S/C16H32N6/c1-7-13(8-2)15(21(4)5)12-19-16(17-3)18-11-14-9-10-20-22(14)6/h9-10,13,15H,7-8,11-12H2,1-6H3,(H2,17,18,19). The van der Waals surface area contributed by atoms with Crippen molar-refractivity contribution in [3.05, 3.63) is 18.0 Å². The molecule has 1 rings (SSSR count). The maximum Gasteiger partial charge on any atom is 0.191 e. The van der Waals surface area contributed by atoms with Gasteiger partial charge < -0.3 is 15.5 Å². The quantitative estimate of drug-likeness (QED) is 0.564. The molecule has 1 aromatic rings.